The first-order valence-electron chi connectivity index (χ1n) is 8.16. The van der Waals surface area contributed by atoms with Crippen LogP contribution in [-0.4, -0.2) is 35.1 Å². The fourth-order valence-electron chi connectivity index (χ4n) is 1.73. The van der Waals surface area contributed by atoms with E-state index in [4.69, 9.17) is 0 Å². The van der Waals surface area contributed by atoms with Gasteiger partial charge in [-0.3, -0.25) is 0 Å². The predicted molar refractivity (Wildman–Crippen MR) is 92.4 cm³/mol. The van der Waals surface area contributed by atoms with Crippen molar-refractivity contribution in [1.82, 2.24) is 9.13 Å². The van der Waals surface area contributed by atoms with Gasteiger partial charge < -0.3 is 9.11 Å². The molecule has 0 saturated heterocycles. The molecule has 0 N–H and O–H groups in total. The number of aryl methyl sites for hydroxylation is 4. The van der Waals surface area contributed by atoms with E-state index in [0.717, 1.165) is 26.2 Å². The number of hydrogen-bond donors (Lipinski definition) is 0. The Balaban J connectivity index is 0.000000376. The molecule has 0 aliphatic heterocycles. The van der Waals surface area contributed by atoms with Crippen molar-refractivity contribution in [1.29, 1.82) is 0 Å². The van der Waals surface area contributed by atoms with Gasteiger partial charge in [-0.1, -0.05) is 0 Å². The number of aromatic nitrogens is 4. The smallest absolute Gasteiger partial charge is 0.243 e. The first-order chi connectivity index (χ1) is 12.4. The number of rotatable bonds is 6. The third-order valence-electron chi connectivity index (χ3n) is 3.12. The number of hydrogen-bond acceptors (Lipinski definition) is 7. The van der Waals surface area contributed by atoms with Crippen molar-refractivity contribution >= 4 is 20.8 Å². The van der Waals surface area contributed by atoms with E-state index in [1.165, 1.54) is 0 Å². The van der Waals surface area contributed by atoms with Crippen molar-refractivity contribution in [3.8, 4) is 0 Å². The third kappa shape index (κ3) is 13.1. The van der Waals surface area contributed by atoms with Gasteiger partial charge in [0, 0.05) is 0 Å². The van der Waals surface area contributed by atoms with E-state index in [9.17, 15) is 25.9 Å². The summed E-state index contributed by atoms with van der Waals surface area (Å²) in [5.41, 5.74) is 0. The highest BCUT2D eigenvalue weighted by atomic mass is 32.3. The summed E-state index contributed by atoms with van der Waals surface area (Å²) in [7, 11) is -10.9. The molecule has 0 spiro atoms. The maximum absolute atomic E-state index is 9.29. The molecular weight excluding hydrogens is 400 g/mol. The molecule has 0 atom stereocenters. The van der Waals surface area contributed by atoms with Gasteiger partial charge in [0.2, 0.25) is 33.5 Å². The van der Waals surface area contributed by atoms with Crippen LogP contribution in [0.15, 0.2) is 37.4 Å². The highest BCUT2D eigenvalue weighted by molar-refractivity contribution is 7.94. The van der Waals surface area contributed by atoms with Gasteiger partial charge in [0.1, 0.15) is 24.8 Å². The molecule has 0 aliphatic rings. The second kappa shape index (κ2) is 11.8. The maximum Gasteiger partial charge on any atom is 0.243 e. The Morgan fingerprint density at radius 1 is 0.778 bits per heavy atom. The predicted octanol–water partition coefficient (Wildman–Crippen LogP) is -0.446. The van der Waals surface area contributed by atoms with Crippen molar-refractivity contribution in [3.63, 3.8) is 0 Å². The van der Waals surface area contributed by atoms with E-state index in [1.54, 1.807) is 0 Å². The molecule has 0 aliphatic carbocycles. The normalized spacial score (nSPS) is 11.2. The molecule has 0 saturated carbocycles. The summed E-state index contributed by atoms with van der Waals surface area (Å²) in [5, 5.41) is 0. The third-order valence-corrected chi connectivity index (χ3v) is 4.45. The summed E-state index contributed by atoms with van der Waals surface area (Å²) in [5.74, 6) is 0. The van der Waals surface area contributed by atoms with Gasteiger partial charge in [0.05, 0.1) is 26.2 Å². The SMILES string of the molecule is CCn1cc[n+](CC)c1.CCn1cc[n+](CC)c1.O=S(=O)([O-])OS(=O)(=O)[O-]. The Hall–Kier alpha value is -1.80. The van der Waals surface area contributed by atoms with Gasteiger partial charge in [-0.25, -0.2) is 35.1 Å². The molecule has 0 bridgehead atoms. The van der Waals surface area contributed by atoms with Crippen LogP contribution in [0.5, 0.6) is 0 Å². The summed E-state index contributed by atoms with van der Waals surface area (Å²) >= 11 is 0. The van der Waals surface area contributed by atoms with E-state index in [1.807, 2.05) is 0 Å². The first kappa shape index (κ1) is 25.2. The van der Waals surface area contributed by atoms with Gasteiger partial charge in [-0.2, -0.15) is 3.63 Å². The Morgan fingerprint density at radius 2 is 1.11 bits per heavy atom. The van der Waals surface area contributed by atoms with Crippen LogP contribution in [0.3, 0.4) is 0 Å². The van der Waals surface area contributed by atoms with E-state index in [0.29, 0.717) is 0 Å². The minimum absolute atomic E-state index is 1.06. The highest BCUT2D eigenvalue weighted by Gasteiger charge is 1.99. The first-order valence-corrected chi connectivity index (χ1v) is 10.8. The Morgan fingerprint density at radius 3 is 1.22 bits per heavy atom. The Bertz CT molecular complexity index is 764. The lowest BCUT2D eigenvalue weighted by molar-refractivity contribution is -0.693. The lowest BCUT2D eigenvalue weighted by atomic mass is 10.7. The van der Waals surface area contributed by atoms with Gasteiger partial charge in [0.15, 0.2) is 0 Å². The molecule has 13 heteroatoms. The molecular formula is C14H26N4O7S2. The van der Waals surface area contributed by atoms with Crippen LogP contribution in [0.25, 0.3) is 0 Å². The summed E-state index contributed by atoms with van der Waals surface area (Å²) in [6.45, 7) is 12.8. The second-order valence-corrected chi connectivity index (χ2v) is 7.21. The van der Waals surface area contributed by atoms with Crippen molar-refractivity contribution < 1.29 is 38.7 Å². The van der Waals surface area contributed by atoms with Crippen LogP contribution in [0.4, 0.5) is 0 Å². The molecule has 0 unspecified atom stereocenters. The standard InChI is InChI=1S/2C7H13N2.H2O7S2/c2*1-3-8-5-6-9(4-2)7-8;1-8(2,3)7-9(4,5)6/h2*5-7H,3-4H2,1-2H3;(H,1,2,3)(H,4,5,6)/q2*+1;/p-2. The molecule has 2 aromatic heterocycles. The van der Waals surface area contributed by atoms with Gasteiger partial charge in [-0.05, 0) is 27.7 Å². The van der Waals surface area contributed by atoms with E-state index < -0.39 is 20.8 Å². The van der Waals surface area contributed by atoms with Crippen molar-refractivity contribution in [2.24, 2.45) is 0 Å². The molecule has 2 rings (SSSR count). The zero-order valence-electron chi connectivity index (χ0n) is 15.8. The van der Waals surface area contributed by atoms with E-state index in [2.05, 4.69) is 87.0 Å². The molecule has 0 aromatic carbocycles. The minimum atomic E-state index is -5.43. The topological polar surface area (TPSA) is 141 Å². The number of imidazole rings is 2. The van der Waals surface area contributed by atoms with E-state index >= 15 is 0 Å². The van der Waals surface area contributed by atoms with Crippen LogP contribution in [0, 0.1) is 0 Å². The molecule has 2 heterocycles. The zero-order chi connectivity index (χ0) is 21.1. The quantitative estimate of drug-likeness (QED) is 0.346. The molecule has 2 aromatic rings. The lowest BCUT2D eigenvalue weighted by Crippen LogP contribution is -2.28. The monoisotopic (exact) mass is 426 g/mol. The average Bonchev–Trinajstić information content (AvgIpc) is 3.21. The number of nitrogens with zero attached hydrogens (tertiary/aromatic N) is 4. The largest absolute Gasteiger partial charge is 0.725 e. The van der Waals surface area contributed by atoms with Gasteiger partial charge in [0.25, 0.3) is 0 Å². The van der Waals surface area contributed by atoms with Gasteiger partial charge >= 0.3 is 0 Å². The zero-order valence-corrected chi connectivity index (χ0v) is 17.4. The van der Waals surface area contributed by atoms with Crippen LogP contribution in [0.1, 0.15) is 27.7 Å². The summed E-state index contributed by atoms with van der Waals surface area (Å²) in [6, 6.07) is 0. The molecule has 0 fully saturated rings. The summed E-state index contributed by atoms with van der Waals surface area (Å²) in [4.78, 5) is 0. The minimum Gasteiger partial charge on any atom is -0.725 e. The lowest BCUT2D eigenvalue weighted by Gasteiger charge is -2.08. The Labute approximate surface area is 160 Å². The van der Waals surface area contributed by atoms with Crippen molar-refractivity contribution in [3.05, 3.63) is 37.4 Å². The summed E-state index contributed by atoms with van der Waals surface area (Å²) < 4.78 is 66.8. The maximum atomic E-state index is 9.29. The van der Waals surface area contributed by atoms with Gasteiger partial charge in [-0.15, -0.1) is 0 Å². The molecule has 156 valence electrons. The highest BCUT2D eigenvalue weighted by Crippen LogP contribution is 1.91. The molecule has 27 heavy (non-hydrogen) atoms. The molecule has 11 nitrogen and oxygen atoms in total. The van der Waals surface area contributed by atoms with E-state index in [-0.39, 0.29) is 0 Å². The molecule has 0 amide bonds. The van der Waals surface area contributed by atoms with Crippen LogP contribution in [-0.2, 0) is 50.6 Å². The second-order valence-electron chi connectivity index (χ2n) is 5.03. The fourth-order valence-corrected chi connectivity index (χ4v) is 2.54. The van der Waals surface area contributed by atoms with Crippen molar-refractivity contribution in [2.75, 3.05) is 0 Å². The van der Waals surface area contributed by atoms with Crippen LogP contribution in [0.2, 0.25) is 0 Å². The fraction of sp³-hybridized carbons (Fsp3) is 0.571. The van der Waals surface area contributed by atoms with Crippen LogP contribution >= 0.6 is 0 Å². The summed E-state index contributed by atoms with van der Waals surface area (Å²) in [6.07, 6.45) is 12.6. The molecule has 0 radical (unpaired) electrons. The Kier molecular flexibility index (Phi) is 11.0. The average molecular weight is 427 g/mol. The van der Waals surface area contributed by atoms with Crippen molar-refractivity contribution in [2.45, 2.75) is 53.9 Å². The van der Waals surface area contributed by atoms with Crippen LogP contribution < -0.4 is 9.13 Å².